The summed E-state index contributed by atoms with van der Waals surface area (Å²) >= 11 is 0. The minimum absolute atomic E-state index is 0.221. The highest BCUT2D eigenvalue weighted by Gasteiger charge is 2.34. The van der Waals surface area contributed by atoms with Gasteiger partial charge in [0.1, 0.15) is 0 Å². The van der Waals surface area contributed by atoms with E-state index in [2.05, 4.69) is 0 Å². The van der Waals surface area contributed by atoms with Crippen LogP contribution in [0.25, 0.3) is 0 Å². The predicted octanol–water partition coefficient (Wildman–Crippen LogP) is 5.28. The van der Waals surface area contributed by atoms with Crippen LogP contribution in [0.2, 0.25) is 0 Å². The molecular weight excluding hydrogens is 289 g/mol. The molecule has 0 bridgehead atoms. The van der Waals surface area contributed by atoms with Gasteiger partial charge in [0.05, 0.1) is 6.42 Å². The molecule has 0 N–H and O–H groups in total. The van der Waals surface area contributed by atoms with Crippen molar-refractivity contribution in [2.45, 2.75) is 32.4 Å². The smallest absolute Gasteiger partial charge is 0.295 e. The molecule has 0 saturated heterocycles. The number of hydrogen-bond acceptors (Lipinski definition) is 1. The van der Waals surface area contributed by atoms with E-state index in [0.717, 1.165) is 5.56 Å². The number of carbonyl (C=O) groups is 1. The molecule has 0 aliphatic carbocycles. The van der Waals surface area contributed by atoms with Gasteiger partial charge < -0.3 is 0 Å². The molecule has 4 heteroatoms. The molecule has 0 aliphatic rings. The summed E-state index contributed by atoms with van der Waals surface area (Å²) in [6, 6.07) is 13.5. The number of rotatable bonds is 4. The lowest BCUT2D eigenvalue weighted by atomic mass is 9.84. The SMILES string of the molecule is CC(=O)c1cc(C)ccc1C(CC(F)(F)F)c1ccccc1. The van der Waals surface area contributed by atoms with E-state index in [4.69, 9.17) is 0 Å². The topological polar surface area (TPSA) is 17.1 Å². The van der Waals surface area contributed by atoms with Crippen LogP contribution in [-0.2, 0) is 0 Å². The summed E-state index contributed by atoms with van der Waals surface area (Å²) in [4.78, 5) is 11.8. The Bertz CT molecular complexity index is 660. The molecule has 0 radical (unpaired) electrons. The summed E-state index contributed by atoms with van der Waals surface area (Å²) in [7, 11) is 0. The molecule has 0 heterocycles. The quantitative estimate of drug-likeness (QED) is 0.702. The first-order chi connectivity index (χ1) is 10.3. The Morgan fingerprint density at radius 2 is 1.73 bits per heavy atom. The first-order valence-corrected chi connectivity index (χ1v) is 7.01. The van der Waals surface area contributed by atoms with E-state index in [9.17, 15) is 18.0 Å². The van der Waals surface area contributed by atoms with E-state index in [1.165, 1.54) is 6.92 Å². The van der Waals surface area contributed by atoms with Crippen molar-refractivity contribution in [3.8, 4) is 0 Å². The van der Waals surface area contributed by atoms with Crippen LogP contribution in [0.5, 0.6) is 0 Å². The lowest BCUT2D eigenvalue weighted by Gasteiger charge is -2.22. The Morgan fingerprint density at radius 3 is 2.27 bits per heavy atom. The number of aryl methyl sites for hydroxylation is 1. The highest BCUT2D eigenvalue weighted by molar-refractivity contribution is 5.96. The van der Waals surface area contributed by atoms with Crippen molar-refractivity contribution in [1.82, 2.24) is 0 Å². The van der Waals surface area contributed by atoms with Crippen molar-refractivity contribution in [3.63, 3.8) is 0 Å². The summed E-state index contributed by atoms with van der Waals surface area (Å²) in [6.07, 6.45) is -5.29. The zero-order valence-corrected chi connectivity index (χ0v) is 12.4. The summed E-state index contributed by atoms with van der Waals surface area (Å²) in [5.74, 6) is -1.09. The van der Waals surface area contributed by atoms with E-state index in [-0.39, 0.29) is 5.78 Å². The van der Waals surface area contributed by atoms with E-state index in [0.29, 0.717) is 16.7 Å². The molecule has 1 atom stereocenters. The van der Waals surface area contributed by atoms with Crippen molar-refractivity contribution in [2.24, 2.45) is 0 Å². The number of halogens is 3. The standard InChI is InChI=1S/C18H17F3O/c1-12-8-9-15(16(10-12)13(2)22)17(11-18(19,20)21)14-6-4-3-5-7-14/h3-10,17H,11H2,1-2H3. The van der Waals surface area contributed by atoms with Gasteiger partial charge in [0, 0.05) is 11.5 Å². The van der Waals surface area contributed by atoms with Crippen LogP contribution in [0.15, 0.2) is 48.5 Å². The third-order valence-electron chi connectivity index (χ3n) is 3.60. The Kier molecular flexibility index (Phi) is 4.69. The normalized spacial score (nSPS) is 13.0. The zero-order valence-electron chi connectivity index (χ0n) is 12.4. The van der Waals surface area contributed by atoms with Crippen molar-refractivity contribution in [3.05, 3.63) is 70.8 Å². The highest BCUT2D eigenvalue weighted by Crippen LogP contribution is 2.37. The van der Waals surface area contributed by atoms with Crippen LogP contribution in [0, 0.1) is 6.92 Å². The van der Waals surface area contributed by atoms with Crippen LogP contribution < -0.4 is 0 Å². The van der Waals surface area contributed by atoms with Gasteiger partial charge in [-0.2, -0.15) is 13.2 Å². The molecule has 0 saturated carbocycles. The van der Waals surface area contributed by atoms with E-state index >= 15 is 0 Å². The van der Waals surface area contributed by atoms with Gasteiger partial charge in [0.2, 0.25) is 0 Å². The first-order valence-electron chi connectivity index (χ1n) is 7.01. The fourth-order valence-electron chi connectivity index (χ4n) is 2.60. The average molecular weight is 306 g/mol. The third kappa shape index (κ3) is 3.97. The van der Waals surface area contributed by atoms with Crippen LogP contribution in [-0.4, -0.2) is 12.0 Å². The van der Waals surface area contributed by atoms with Gasteiger partial charge in [-0.25, -0.2) is 0 Å². The lowest BCUT2D eigenvalue weighted by Crippen LogP contribution is -2.17. The predicted molar refractivity (Wildman–Crippen MR) is 80.1 cm³/mol. The van der Waals surface area contributed by atoms with Gasteiger partial charge >= 0.3 is 6.18 Å². The average Bonchev–Trinajstić information content (AvgIpc) is 2.45. The maximum atomic E-state index is 13.0. The minimum atomic E-state index is -4.31. The minimum Gasteiger partial charge on any atom is -0.295 e. The maximum absolute atomic E-state index is 13.0. The molecule has 2 aromatic carbocycles. The number of carbonyl (C=O) groups excluding carboxylic acids is 1. The Hall–Kier alpha value is -2.10. The molecule has 0 amide bonds. The van der Waals surface area contributed by atoms with Crippen LogP contribution in [0.1, 0.15) is 46.3 Å². The molecule has 2 aromatic rings. The second-order valence-corrected chi connectivity index (χ2v) is 5.43. The maximum Gasteiger partial charge on any atom is 0.390 e. The number of hydrogen-bond donors (Lipinski definition) is 0. The Labute approximate surface area is 127 Å². The largest absolute Gasteiger partial charge is 0.390 e. The van der Waals surface area contributed by atoms with Gasteiger partial charge in [-0.15, -0.1) is 0 Å². The summed E-state index contributed by atoms with van der Waals surface area (Å²) < 4.78 is 39.0. The van der Waals surface area contributed by atoms with Gasteiger partial charge in [0.25, 0.3) is 0 Å². The second kappa shape index (κ2) is 6.34. The van der Waals surface area contributed by atoms with E-state index < -0.39 is 18.5 Å². The van der Waals surface area contributed by atoms with E-state index in [1.807, 2.05) is 6.92 Å². The summed E-state index contributed by atoms with van der Waals surface area (Å²) in [5, 5.41) is 0. The number of Topliss-reactive ketones (excluding diaryl/α,β-unsaturated/α-hetero) is 1. The molecule has 0 aromatic heterocycles. The first kappa shape index (κ1) is 16.3. The van der Waals surface area contributed by atoms with Crippen LogP contribution >= 0.6 is 0 Å². The fourth-order valence-corrected chi connectivity index (χ4v) is 2.60. The molecule has 0 spiro atoms. The monoisotopic (exact) mass is 306 g/mol. The number of ketones is 1. The molecule has 1 unspecified atom stereocenters. The summed E-state index contributed by atoms with van der Waals surface area (Å²) in [6.45, 7) is 3.20. The Balaban J connectivity index is 2.57. The number of benzene rings is 2. The van der Waals surface area contributed by atoms with Crippen molar-refractivity contribution >= 4 is 5.78 Å². The third-order valence-corrected chi connectivity index (χ3v) is 3.60. The van der Waals surface area contributed by atoms with E-state index in [1.54, 1.807) is 48.5 Å². The van der Waals surface area contributed by atoms with Gasteiger partial charge in [-0.05, 0) is 31.0 Å². The lowest BCUT2D eigenvalue weighted by molar-refractivity contribution is -0.136. The summed E-state index contributed by atoms with van der Waals surface area (Å²) in [5.41, 5.74) is 2.21. The Morgan fingerprint density at radius 1 is 1.09 bits per heavy atom. The van der Waals surface area contributed by atoms with Gasteiger partial charge in [-0.3, -0.25) is 4.79 Å². The molecule has 116 valence electrons. The second-order valence-electron chi connectivity index (χ2n) is 5.43. The van der Waals surface area contributed by atoms with Crippen LogP contribution in [0.3, 0.4) is 0 Å². The molecule has 1 nitrogen and oxygen atoms in total. The van der Waals surface area contributed by atoms with Crippen molar-refractivity contribution < 1.29 is 18.0 Å². The highest BCUT2D eigenvalue weighted by atomic mass is 19.4. The van der Waals surface area contributed by atoms with Crippen molar-refractivity contribution in [1.29, 1.82) is 0 Å². The van der Waals surface area contributed by atoms with Gasteiger partial charge in [-0.1, -0.05) is 48.0 Å². The fraction of sp³-hybridized carbons (Fsp3) is 0.278. The molecule has 0 fully saturated rings. The van der Waals surface area contributed by atoms with Crippen molar-refractivity contribution in [2.75, 3.05) is 0 Å². The number of alkyl halides is 3. The van der Waals surface area contributed by atoms with Crippen LogP contribution in [0.4, 0.5) is 13.2 Å². The molecule has 2 rings (SSSR count). The van der Waals surface area contributed by atoms with Gasteiger partial charge in [0.15, 0.2) is 5.78 Å². The molecule has 0 aliphatic heterocycles. The zero-order chi connectivity index (χ0) is 16.3. The molecule has 22 heavy (non-hydrogen) atoms. The molecular formula is C18H17F3O.